The van der Waals surface area contributed by atoms with E-state index in [1.165, 1.54) is 0 Å². The van der Waals surface area contributed by atoms with Gasteiger partial charge in [0.2, 0.25) is 5.91 Å². The van der Waals surface area contributed by atoms with Crippen LogP contribution in [0.5, 0.6) is 11.5 Å². The average Bonchev–Trinajstić information content (AvgIpc) is 3.06. The molecule has 2 aliphatic rings. The standard InChI is InChI=1S/C17H24N2O4/c1-22-14-5-6-15(23-2)17-12(14)9-19(10-13(17)20)16(21)8-11-4-3-7-18-11/h5-6,11,13,18,20H,3-4,7-10H2,1-2H3. The van der Waals surface area contributed by atoms with Gasteiger partial charge in [0.25, 0.3) is 0 Å². The van der Waals surface area contributed by atoms with Crippen LogP contribution in [0.15, 0.2) is 12.1 Å². The fraction of sp³-hybridized carbons (Fsp3) is 0.588. The van der Waals surface area contributed by atoms with Crippen molar-refractivity contribution in [2.45, 2.75) is 38.0 Å². The molecule has 2 unspecified atom stereocenters. The number of aliphatic hydroxyl groups is 1. The van der Waals surface area contributed by atoms with Crippen molar-refractivity contribution >= 4 is 5.91 Å². The van der Waals surface area contributed by atoms with Crippen LogP contribution in [0.1, 0.15) is 36.5 Å². The first-order valence-corrected chi connectivity index (χ1v) is 8.07. The number of benzene rings is 1. The number of methoxy groups -OCH3 is 2. The van der Waals surface area contributed by atoms with Crippen LogP contribution < -0.4 is 14.8 Å². The second-order valence-electron chi connectivity index (χ2n) is 6.15. The van der Waals surface area contributed by atoms with Gasteiger partial charge in [-0.2, -0.15) is 0 Å². The molecule has 6 nitrogen and oxygen atoms in total. The van der Waals surface area contributed by atoms with Gasteiger partial charge in [-0.05, 0) is 31.5 Å². The van der Waals surface area contributed by atoms with Gasteiger partial charge in [-0.1, -0.05) is 0 Å². The lowest BCUT2D eigenvalue weighted by molar-refractivity contribution is -0.134. The van der Waals surface area contributed by atoms with Gasteiger partial charge in [-0.15, -0.1) is 0 Å². The molecule has 0 saturated carbocycles. The Morgan fingerprint density at radius 2 is 2.09 bits per heavy atom. The largest absolute Gasteiger partial charge is 0.496 e. The van der Waals surface area contributed by atoms with E-state index in [0.717, 1.165) is 30.5 Å². The Kier molecular flexibility index (Phi) is 4.73. The van der Waals surface area contributed by atoms with Crippen LogP contribution in [0.25, 0.3) is 0 Å². The zero-order valence-electron chi connectivity index (χ0n) is 13.7. The number of fused-ring (bicyclic) bond motifs is 1. The molecular weight excluding hydrogens is 296 g/mol. The maximum absolute atomic E-state index is 12.6. The maximum Gasteiger partial charge on any atom is 0.224 e. The number of carbonyl (C=O) groups is 1. The normalized spacial score (nSPS) is 23.5. The summed E-state index contributed by atoms with van der Waals surface area (Å²) in [6.07, 6.45) is 1.88. The first-order valence-electron chi connectivity index (χ1n) is 8.07. The fourth-order valence-electron chi connectivity index (χ4n) is 3.54. The van der Waals surface area contributed by atoms with Crippen molar-refractivity contribution in [1.82, 2.24) is 10.2 Å². The molecule has 1 aromatic carbocycles. The van der Waals surface area contributed by atoms with Crippen LogP contribution in [0.2, 0.25) is 0 Å². The number of amides is 1. The highest BCUT2D eigenvalue weighted by Crippen LogP contribution is 2.39. The number of β-amino-alcohol motifs (C(OH)–C–C–N with tert-alkyl or cyclic N) is 1. The number of nitrogens with one attached hydrogen (secondary N) is 1. The minimum Gasteiger partial charge on any atom is -0.496 e. The van der Waals surface area contributed by atoms with E-state index in [-0.39, 0.29) is 11.9 Å². The highest BCUT2D eigenvalue weighted by Gasteiger charge is 2.32. The van der Waals surface area contributed by atoms with E-state index in [2.05, 4.69) is 5.32 Å². The minimum absolute atomic E-state index is 0.0685. The van der Waals surface area contributed by atoms with Gasteiger partial charge < -0.3 is 24.8 Å². The van der Waals surface area contributed by atoms with E-state index in [4.69, 9.17) is 9.47 Å². The lowest BCUT2D eigenvalue weighted by atomic mass is 9.94. The summed E-state index contributed by atoms with van der Waals surface area (Å²) in [4.78, 5) is 14.3. The Labute approximate surface area is 136 Å². The minimum atomic E-state index is -0.760. The van der Waals surface area contributed by atoms with Crippen molar-refractivity contribution in [3.8, 4) is 11.5 Å². The third-order valence-electron chi connectivity index (χ3n) is 4.73. The zero-order chi connectivity index (χ0) is 16.4. The quantitative estimate of drug-likeness (QED) is 0.873. The Morgan fingerprint density at radius 3 is 2.74 bits per heavy atom. The lowest BCUT2D eigenvalue weighted by Crippen LogP contribution is -2.41. The summed E-state index contributed by atoms with van der Waals surface area (Å²) in [7, 11) is 3.18. The predicted octanol–water partition coefficient (Wildman–Crippen LogP) is 1.22. The van der Waals surface area contributed by atoms with Crippen LogP contribution >= 0.6 is 0 Å². The maximum atomic E-state index is 12.6. The van der Waals surface area contributed by atoms with Crippen molar-refractivity contribution in [3.63, 3.8) is 0 Å². The number of rotatable bonds is 4. The van der Waals surface area contributed by atoms with Gasteiger partial charge in [0.15, 0.2) is 0 Å². The number of ether oxygens (including phenoxy) is 2. The molecule has 2 N–H and O–H groups in total. The molecule has 0 bridgehead atoms. The first-order chi connectivity index (χ1) is 11.1. The molecular formula is C17H24N2O4. The molecule has 2 atom stereocenters. The molecule has 0 aromatic heterocycles. The molecule has 1 fully saturated rings. The van der Waals surface area contributed by atoms with E-state index in [9.17, 15) is 9.90 Å². The van der Waals surface area contributed by atoms with E-state index >= 15 is 0 Å². The summed E-state index contributed by atoms with van der Waals surface area (Å²) in [5.74, 6) is 1.38. The molecule has 6 heteroatoms. The molecule has 2 heterocycles. The Bertz CT molecular complexity index is 584. The van der Waals surface area contributed by atoms with E-state index in [1.807, 2.05) is 6.07 Å². The van der Waals surface area contributed by atoms with Gasteiger partial charge in [-0.3, -0.25) is 4.79 Å². The summed E-state index contributed by atoms with van der Waals surface area (Å²) in [6, 6.07) is 3.87. The number of hydrogen-bond acceptors (Lipinski definition) is 5. The molecule has 126 valence electrons. The molecule has 23 heavy (non-hydrogen) atoms. The summed E-state index contributed by atoms with van der Waals surface area (Å²) in [5.41, 5.74) is 1.56. The topological polar surface area (TPSA) is 71.0 Å². The van der Waals surface area contributed by atoms with Crippen molar-refractivity contribution < 1.29 is 19.4 Å². The van der Waals surface area contributed by atoms with Crippen LogP contribution in [0, 0.1) is 0 Å². The SMILES string of the molecule is COc1ccc(OC)c2c1CN(C(=O)CC1CCCN1)CC2O. The van der Waals surface area contributed by atoms with Crippen LogP contribution in [-0.2, 0) is 11.3 Å². The number of carbonyl (C=O) groups excluding carboxylic acids is 1. The molecule has 0 radical (unpaired) electrons. The molecule has 1 amide bonds. The second kappa shape index (κ2) is 6.76. The molecule has 1 aromatic rings. The van der Waals surface area contributed by atoms with Crippen LogP contribution in [0.4, 0.5) is 0 Å². The van der Waals surface area contributed by atoms with Gasteiger partial charge >= 0.3 is 0 Å². The molecule has 0 aliphatic carbocycles. The third kappa shape index (κ3) is 3.14. The first kappa shape index (κ1) is 16.1. The summed E-state index contributed by atoms with van der Waals surface area (Å²) >= 11 is 0. The average molecular weight is 320 g/mol. The van der Waals surface area contributed by atoms with Gasteiger partial charge in [0.1, 0.15) is 17.6 Å². The highest BCUT2D eigenvalue weighted by molar-refractivity contribution is 5.77. The third-order valence-corrected chi connectivity index (χ3v) is 4.73. The summed E-state index contributed by atoms with van der Waals surface area (Å²) in [5, 5.41) is 13.9. The zero-order valence-corrected chi connectivity index (χ0v) is 13.7. The Morgan fingerprint density at radius 1 is 1.35 bits per heavy atom. The van der Waals surface area contributed by atoms with Gasteiger partial charge in [-0.25, -0.2) is 0 Å². The van der Waals surface area contributed by atoms with Crippen molar-refractivity contribution in [3.05, 3.63) is 23.3 Å². The molecule has 1 saturated heterocycles. The lowest BCUT2D eigenvalue weighted by Gasteiger charge is -2.34. The fourth-order valence-corrected chi connectivity index (χ4v) is 3.54. The van der Waals surface area contributed by atoms with Gasteiger partial charge in [0.05, 0.1) is 20.8 Å². The number of aliphatic hydroxyl groups excluding tert-OH is 1. The van der Waals surface area contributed by atoms with Crippen molar-refractivity contribution in [1.29, 1.82) is 0 Å². The van der Waals surface area contributed by atoms with Crippen molar-refractivity contribution in [2.75, 3.05) is 27.3 Å². The Hall–Kier alpha value is -1.79. The summed E-state index contributed by atoms with van der Waals surface area (Å²) in [6.45, 7) is 1.72. The van der Waals surface area contributed by atoms with E-state index in [1.54, 1.807) is 25.2 Å². The van der Waals surface area contributed by atoms with Crippen molar-refractivity contribution in [2.24, 2.45) is 0 Å². The smallest absolute Gasteiger partial charge is 0.224 e. The highest BCUT2D eigenvalue weighted by atomic mass is 16.5. The molecule has 2 aliphatic heterocycles. The summed E-state index contributed by atoms with van der Waals surface area (Å²) < 4.78 is 10.8. The number of nitrogens with zero attached hydrogens (tertiary/aromatic N) is 1. The predicted molar refractivity (Wildman–Crippen MR) is 85.6 cm³/mol. The molecule has 0 spiro atoms. The monoisotopic (exact) mass is 320 g/mol. The molecule has 3 rings (SSSR count). The van der Waals surface area contributed by atoms with Crippen LogP contribution in [-0.4, -0.2) is 49.3 Å². The number of hydrogen-bond donors (Lipinski definition) is 2. The van der Waals surface area contributed by atoms with Crippen LogP contribution in [0.3, 0.4) is 0 Å². The Balaban J connectivity index is 1.82. The van der Waals surface area contributed by atoms with E-state index in [0.29, 0.717) is 31.0 Å². The van der Waals surface area contributed by atoms with E-state index < -0.39 is 6.10 Å². The second-order valence-corrected chi connectivity index (χ2v) is 6.15. The van der Waals surface area contributed by atoms with Gasteiger partial charge in [0, 0.05) is 30.1 Å².